The lowest BCUT2D eigenvalue weighted by Crippen LogP contribution is -2.71. The van der Waals surface area contributed by atoms with Gasteiger partial charge in [0.15, 0.2) is 0 Å². The Hall–Kier alpha value is -0.860. The maximum Gasteiger partial charge on any atom is 0.471 e. The molecule has 1 N–H and O–H groups in total. The minimum atomic E-state index is -4.81. The van der Waals surface area contributed by atoms with E-state index in [1.165, 1.54) is 0 Å². The van der Waals surface area contributed by atoms with Crippen molar-refractivity contribution in [3.8, 4) is 0 Å². The number of hydrogen-bond donors (Lipinski definition) is 1. The van der Waals surface area contributed by atoms with Gasteiger partial charge in [-0.2, -0.15) is 13.2 Å². The molecule has 3 aliphatic heterocycles. The zero-order valence-electron chi connectivity index (χ0n) is 11.7. The Morgan fingerprint density at radius 2 is 1.86 bits per heavy atom. The van der Waals surface area contributed by atoms with Crippen LogP contribution in [0.1, 0.15) is 12.8 Å². The van der Waals surface area contributed by atoms with E-state index in [9.17, 15) is 18.0 Å². The highest BCUT2D eigenvalue weighted by molar-refractivity contribution is 5.82. The van der Waals surface area contributed by atoms with Crippen molar-refractivity contribution in [2.45, 2.75) is 37.1 Å². The maximum atomic E-state index is 12.8. The molecule has 21 heavy (non-hydrogen) atoms. The molecule has 3 fully saturated rings. The number of rotatable bonds is 1. The van der Waals surface area contributed by atoms with Crippen molar-refractivity contribution in [3.63, 3.8) is 0 Å². The van der Waals surface area contributed by atoms with E-state index in [1.54, 1.807) is 0 Å². The molecule has 120 valence electrons. The second-order valence-corrected chi connectivity index (χ2v) is 5.90. The Kier molecular flexibility index (Phi) is 4.11. The van der Waals surface area contributed by atoms with Crippen molar-refractivity contribution < 1.29 is 22.7 Å². The van der Waals surface area contributed by atoms with Crippen LogP contribution in [0.2, 0.25) is 0 Å². The average molecular weight is 307 g/mol. The van der Waals surface area contributed by atoms with Crippen molar-refractivity contribution in [1.82, 2.24) is 15.1 Å². The second-order valence-electron chi connectivity index (χ2n) is 5.90. The van der Waals surface area contributed by atoms with Gasteiger partial charge in [0.1, 0.15) is 0 Å². The lowest BCUT2D eigenvalue weighted by molar-refractivity contribution is -0.194. The van der Waals surface area contributed by atoms with Crippen LogP contribution in [0, 0.1) is 0 Å². The molecule has 0 bridgehead atoms. The van der Waals surface area contributed by atoms with Crippen LogP contribution >= 0.6 is 0 Å². The molecule has 0 aromatic heterocycles. The summed E-state index contributed by atoms with van der Waals surface area (Å²) < 4.78 is 44.1. The molecule has 1 amide bonds. The fraction of sp³-hybridized carbons (Fsp3) is 0.923. The van der Waals surface area contributed by atoms with Gasteiger partial charge < -0.3 is 15.0 Å². The van der Waals surface area contributed by atoms with Crippen LogP contribution < -0.4 is 5.32 Å². The van der Waals surface area contributed by atoms with Gasteiger partial charge >= 0.3 is 12.1 Å². The van der Waals surface area contributed by atoms with E-state index in [2.05, 4.69) is 10.2 Å². The van der Waals surface area contributed by atoms with Crippen molar-refractivity contribution in [2.75, 3.05) is 39.4 Å². The molecule has 3 heterocycles. The summed E-state index contributed by atoms with van der Waals surface area (Å²) in [5.74, 6) is -1.72. The van der Waals surface area contributed by atoms with E-state index in [1.807, 2.05) is 0 Å². The Morgan fingerprint density at radius 3 is 2.52 bits per heavy atom. The van der Waals surface area contributed by atoms with Crippen LogP contribution in [-0.2, 0) is 9.53 Å². The third-order valence-electron chi connectivity index (χ3n) is 4.62. The quantitative estimate of drug-likeness (QED) is 0.752. The van der Waals surface area contributed by atoms with E-state index in [-0.39, 0.29) is 18.6 Å². The van der Waals surface area contributed by atoms with Crippen LogP contribution in [0.5, 0.6) is 0 Å². The summed E-state index contributed by atoms with van der Waals surface area (Å²) in [6, 6.07) is -0.825. The molecule has 0 aliphatic carbocycles. The molecular weight excluding hydrogens is 287 g/mol. The van der Waals surface area contributed by atoms with Crippen LogP contribution in [0.25, 0.3) is 0 Å². The Bertz CT molecular complexity index is 397. The van der Waals surface area contributed by atoms with Crippen LogP contribution in [0.4, 0.5) is 13.2 Å². The number of fused-ring (bicyclic) bond motifs is 1. The normalized spacial score (nSPS) is 34.8. The number of nitrogens with one attached hydrogen (secondary N) is 1. The highest BCUT2D eigenvalue weighted by atomic mass is 19.4. The Morgan fingerprint density at radius 1 is 1.14 bits per heavy atom. The summed E-state index contributed by atoms with van der Waals surface area (Å²) in [6.45, 7) is 2.96. The topological polar surface area (TPSA) is 44.8 Å². The van der Waals surface area contributed by atoms with Gasteiger partial charge in [0.2, 0.25) is 0 Å². The highest BCUT2D eigenvalue weighted by Crippen LogP contribution is 2.29. The molecule has 8 heteroatoms. The molecule has 0 aromatic carbocycles. The average Bonchev–Trinajstić information content (AvgIpc) is 2.98. The van der Waals surface area contributed by atoms with Crippen molar-refractivity contribution in [3.05, 3.63) is 0 Å². The molecule has 3 aliphatic rings. The van der Waals surface area contributed by atoms with Gasteiger partial charge in [-0.15, -0.1) is 0 Å². The number of carbonyl (C=O) groups excluding carboxylic acids is 1. The second kappa shape index (κ2) is 5.73. The maximum absolute atomic E-state index is 12.8. The van der Waals surface area contributed by atoms with Gasteiger partial charge in [0.05, 0.1) is 31.3 Å². The van der Waals surface area contributed by atoms with Crippen LogP contribution in [0.15, 0.2) is 0 Å². The van der Waals surface area contributed by atoms with Crippen LogP contribution in [0.3, 0.4) is 0 Å². The number of piperazine rings is 1. The number of nitrogens with zero attached hydrogens (tertiary/aromatic N) is 2. The molecule has 0 radical (unpaired) electrons. The minimum absolute atomic E-state index is 0.101. The Balaban J connectivity index is 1.83. The van der Waals surface area contributed by atoms with Gasteiger partial charge in [-0.05, 0) is 25.9 Å². The van der Waals surface area contributed by atoms with E-state index < -0.39 is 18.1 Å². The number of alkyl halides is 3. The first-order valence-corrected chi connectivity index (χ1v) is 7.41. The molecule has 0 spiro atoms. The van der Waals surface area contributed by atoms with Crippen molar-refractivity contribution in [2.24, 2.45) is 0 Å². The first-order valence-electron chi connectivity index (χ1n) is 7.41. The summed E-state index contributed by atoms with van der Waals surface area (Å²) in [4.78, 5) is 14.9. The summed E-state index contributed by atoms with van der Waals surface area (Å²) in [5, 5.41) is 3.20. The van der Waals surface area contributed by atoms with Crippen molar-refractivity contribution in [1.29, 1.82) is 0 Å². The predicted octanol–water partition coefficient (Wildman–Crippen LogP) is 0.212. The zero-order chi connectivity index (χ0) is 15.0. The summed E-state index contributed by atoms with van der Waals surface area (Å²) in [7, 11) is 0. The third kappa shape index (κ3) is 2.89. The first-order chi connectivity index (χ1) is 9.98. The number of halogens is 3. The van der Waals surface area contributed by atoms with Gasteiger partial charge in [-0.25, -0.2) is 0 Å². The van der Waals surface area contributed by atoms with Gasteiger partial charge in [0.25, 0.3) is 0 Å². The molecule has 3 saturated heterocycles. The van der Waals surface area contributed by atoms with E-state index in [0.717, 1.165) is 30.8 Å². The Labute approximate surface area is 121 Å². The molecule has 0 saturated carbocycles. The highest BCUT2D eigenvalue weighted by Gasteiger charge is 2.51. The lowest BCUT2D eigenvalue weighted by Gasteiger charge is -2.50. The van der Waals surface area contributed by atoms with E-state index >= 15 is 0 Å². The molecule has 5 nitrogen and oxygen atoms in total. The monoisotopic (exact) mass is 307 g/mol. The minimum Gasteiger partial charge on any atom is -0.378 e. The fourth-order valence-electron chi connectivity index (χ4n) is 3.70. The zero-order valence-corrected chi connectivity index (χ0v) is 11.7. The summed E-state index contributed by atoms with van der Waals surface area (Å²) >= 11 is 0. The number of hydrogen-bond acceptors (Lipinski definition) is 4. The number of carbonyl (C=O) groups is 1. The molecular formula is C13H20F3N3O2. The van der Waals surface area contributed by atoms with E-state index in [0.29, 0.717) is 19.8 Å². The SMILES string of the molecule is O=C(N1CCN[C@@H]2COCC(N3CCCC3)[C@H]21)C(F)(F)F. The largest absolute Gasteiger partial charge is 0.471 e. The molecule has 3 atom stereocenters. The number of likely N-dealkylation sites (tertiary alicyclic amines) is 1. The van der Waals surface area contributed by atoms with Crippen LogP contribution in [-0.4, -0.2) is 79.4 Å². The number of amides is 1. The lowest BCUT2D eigenvalue weighted by atomic mass is 9.93. The third-order valence-corrected chi connectivity index (χ3v) is 4.62. The molecule has 3 rings (SSSR count). The van der Waals surface area contributed by atoms with Crippen molar-refractivity contribution >= 4 is 5.91 Å². The van der Waals surface area contributed by atoms with Gasteiger partial charge in [0, 0.05) is 13.1 Å². The first kappa shape index (κ1) is 15.1. The smallest absolute Gasteiger partial charge is 0.378 e. The summed E-state index contributed by atoms with van der Waals surface area (Å²) in [6.07, 6.45) is -2.71. The predicted molar refractivity (Wildman–Crippen MR) is 68.8 cm³/mol. The van der Waals surface area contributed by atoms with Gasteiger partial charge in [-0.3, -0.25) is 9.69 Å². The molecule has 0 aromatic rings. The molecule has 1 unspecified atom stereocenters. The standard InChI is InChI=1S/C13H20F3N3O2/c14-13(15,16)12(20)19-6-3-17-9-7-21-8-10(11(9)19)18-4-1-2-5-18/h9-11,17H,1-8H2/t9-,10?,11+/m1/s1. The summed E-state index contributed by atoms with van der Waals surface area (Å²) in [5.41, 5.74) is 0. The van der Waals surface area contributed by atoms with E-state index in [4.69, 9.17) is 4.74 Å². The fourth-order valence-corrected chi connectivity index (χ4v) is 3.70. The number of ether oxygens (including phenoxy) is 1. The van der Waals surface area contributed by atoms with Gasteiger partial charge in [-0.1, -0.05) is 0 Å².